The Kier molecular flexibility index (Phi) is 6.53. The van der Waals surface area contributed by atoms with Crippen molar-refractivity contribution in [2.45, 2.75) is 51.9 Å². The zero-order valence-corrected chi connectivity index (χ0v) is 9.50. The maximum Gasteiger partial charge on any atom is 0.263 e. The normalized spacial score (nSPS) is 10.5. The third kappa shape index (κ3) is 6.04. The van der Waals surface area contributed by atoms with E-state index in [0.29, 0.717) is 5.95 Å². The molecule has 0 aliphatic rings. The molecule has 0 atom stereocenters. The molecule has 86 valence electrons. The number of nitrogens with one attached hydrogen (secondary N) is 2. The molecule has 2 N–H and O–H groups in total. The molecule has 1 heterocycles. The van der Waals surface area contributed by atoms with Gasteiger partial charge in [-0.25, -0.2) is 0 Å². The Hall–Kier alpha value is -1.13. The highest BCUT2D eigenvalue weighted by Crippen LogP contribution is 2.06. The van der Waals surface area contributed by atoms with Crippen LogP contribution in [0, 0.1) is 0 Å². The van der Waals surface area contributed by atoms with Crippen LogP contribution in [0.15, 0.2) is 0 Å². The second kappa shape index (κ2) is 8.20. The van der Waals surface area contributed by atoms with E-state index in [-0.39, 0.29) is 0 Å². The molecule has 1 rings (SSSR count). The first kappa shape index (κ1) is 11.9. The van der Waals surface area contributed by atoms with Gasteiger partial charge in [0.1, 0.15) is 0 Å². The Bertz CT molecular complexity index is 222. The summed E-state index contributed by atoms with van der Waals surface area (Å²) < 4.78 is 0. The smallest absolute Gasteiger partial charge is 0.263 e. The van der Waals surface area contributed by atoms with Gasteiger partial charge >= 0.3 is 0 Å². The molecule has 0 spiro atoms. The molecular weight excluding hydrogens is 190 g/mol. The second-order valence-corrected chi connectivity index (χ2v) is 3.78. The molecule has 0 aromatic carbocycles. The molecular formula is C10H21N5. The molecule has 0 amide bonds. The standard InChI is InChI=1S/C10H21N5/c1-2-3-4-5-6-7-8-9-11-10-12-14-15-13-10/h2-9H2,1H3,(H2,11,12,13,14,15). The number of hydrogen-bond donors (Lipinski definition) is 2. The Morgan fingerprint density at radius 2 is 1.80 bits per heavy atom. The summed E-state index contributed by atoms with van der Waals surface area (Å²) in [7, 11) is 0. The lowest BCUT2D eigenvalue weighted by Crippen LogP contribution is -2.02. The Morgan fingerprint density at radius 3 is 2.47 bits per heavy atom. The average Bonchev–Trinajstić information content (AvgIpc) is 2.75. The first-order valence-corrected chi connectivity index (χ1v) is 5.91. The van der Waals surface area contributed by atoms with Crippen LogP contribution in [0.1, 0.15) is 51.9 Å². The molecule has 0 radical (unpaired) electrons. The van der Waals surface area contributed by atoms with Crippen molar-refractivity contribution in [1.82, 2.24) is 20.6 Å². The first-order valence-electron chi connectivity index (χ1n) is 5.91. The van der Waals surface area contributed by atoms with Gasteiger partial charge in [0.2, 0.25) is 0 Å². The van der Waals surface area contributed by atoms with Gasteiger partial charge in [-0.1, -0.05) is 50.5 Å². The maximum absolute atomic E-state index is 3.82. The molecule has 0 unspecified atom stereocenters. The lowest BCUT2D eigenvalue weighted by Gasteiger charge is -2.01. The van der Waals surface area contributed by atoms with E-state index in [9.17, 15) is 0 Å². The van der Waals surface area contributed by atoms with Gasteiger partial charge in [-0.3, -0.25) is 0 Å². The van der Waals surface area contributed by atoms with Crippen LogP contribution < -0.4 is 5.32 Å². The predicted molar refractivity (Wildman–Crippen MR) is 60.7 cm³/mol. The van der Waals surface area contributed by atoms with Crippen molar-refractivity contribution in [3.05, 3.63) is 0 Å². The number of unbranched alkanes of at least 4 members (excludes halogenated alkanes) is 6. The second-order valence-electron chi connectivity index (χ2n) is 3.78. The fraction of sp³-hybridized carbons (Fsp3) is 0.900. The van der Waals surface area contributed by atoms with Gasteiger partial charge < -0.3 is 5.32 Å². The van der Waals surface area contributed by atoms with Crippen LogP contribution in [0.5, 0.6) is 0 Å². The topological polar surface area (TPSA) is 66.5 Å². The van der Waals surface area contributed by atoms with Gasteiger partial charge in [-0.2, -0.15) is 5.21 Å². The van der Waals surface area contributed by atoms with Crippen LogP contribution in [-0.4, -0.2) is 27.2 Å². The van der Waals surface area contributed by atoms with Crippen molar-refractivity contribution in [2.24, 2.45) is 0 Å². The van der Waals surface area contributed by atoms with Gasteiger partial charge in [0, 0.05) is 6.54 Å². The van der Waals surface area contributed by atoms with Crippen molar-refractivity contribution in [3.8, 4) is 0 Å². The number of nitrogens with zero attached hydrogens (tertiary/aromatic N) is 3. The van der Waals surface area contributed by atoms with Crippen molar-refractivity contribution in [3.63, 3.8) is 0 Å². The van der Waals surface area contributed by atoms with E-state index >= 15 is 0 Å². The summed E-state index contributed by atoms with van der Waals surface area (Å²) >= 11 is 0. The Balaban J connectivity index is 1.81. The third-order valence-corrected chi connectivity index (χ3v) is 2.41. The number of anilines is 1. The summed E-state index contributed by atoms with van der Waals surface area (Å²) in [6.07, 6.45) is 9.26. The maximum atomic E-state index is 3.82. The van der Waals surface area contributed by atoms with Crippen LogP contribution in [-0.2, 0) is 0 Å². The minimum absolute atomic E-state index is 0.598. The van der Waals surface area contributed by atoms with E-state index in [2.05, 4.69) is 32.9 Å². The Morgan fingerprint density at radius 1 is 1.07 bits per heavy atom. The van der Waals surface area contributed by atoms with E-state index in [1.54, 1.807) is 0 Å². The quantitative estimate of drug-likeness (QED) is 0.615. The van der Waals surface area contributed by atoms with Gasteiger partial charge in [-0.05, 0) is 11.6 Å². The van der Waals surface area contributed by atoms with Crippen molar-refractivity contribution in [2.75, 3.05) is 11.9 Å². The molecule has 15 heavy (non-hydrogen) atoms. The molecule has 0 aliphatic heterocycles. The highest BCUT2D eigenvalue weighted by atomic mass is 15.5. The summed E-state index contributed by atoms with van der Waals surface area (Å²) in [4.78, 5) is 0. The summed E-state index contributed by atoms with van der Waals surface area (Å²) in [6.45, 7) is 3.18. The number of H-pyrrole nitrogens is 1. The summed E-state index contributed by atoms with van der Waals surface area (Å²) in [5, 5.41) is 16.6. The van der Waals surface area contributed by atoms with Crippen LogP contribution >= 0.6 is 0 Å². The molecule has 5 heteroatoms. The zero-order valence-electron chi connectivity index (χ0n) is 9.50. The van der Waals surface area contributed by atoms with E-state index in [0.717, 1.165) is 6.54 Å². The number of rotatable bonds is 9. The predicted octanol–water partition coefficient (Wildman–Crippen LogP) is 2.36. The van der Waals surface area contributed by atoms with Gasteiger partial charge in [-0.15, -0.1) is 5.10 Å². The van der Waals surface area contributed by atoms with Crippen molar-refractivity contribution >= 4 is 5.95 Å². The first-order chi connectivity index (χ1) is 7.43. The number of aromatic amines is 1. The zero-order chi connectivity index (χ0) is 10.8. The van der Waals surface area contributed by atoms with Crippen molar-refractivity contribution in [1.29, 1.82) is 0 Å². The van der Waals surface area contributed by atoms with Crippen LogP contribution in [0.4, 0.5) is 5.95 Å². The monoisotopic (exact) mass is 211 g/mol. The minimum Gasteiger partial charge on any atom is -0.352 e. The summed E-state index contributed by atoms with van der Waals surface area (Å²) in [6, 6.07) is 0. The molecule has 1 aromatic rings. The van der Waals surface area contributed by atoms with Crippen LogP contribution in [0.25, 0.3) is 0 Å². The number of tetrazole rings is 1. The fourth-order valence-corrected chi connectivity index (χ4v) is 1.52. The molecule has 5 nitrogen and oxygen atoms in total. The van der Waals surface area contributed by atoms with Crippen LogP contribution in [0.3, 0.4) is 0 Å². The van der Waals surface area contributed by atoms with Crippen LogP contribution in [0.2, 0.25) is 0 Å². The molecule has 0 saturated carbocycles. The highest BCUT2D eigenvalue weighted by Gasteiger charge is 1.95. The van der Waals surface area contributed by atoms with Crippen molar-refractivity contribution < 1.29 is 0 Å². The molecule has 0 saturated heterocycles. The third-order valence-electron chi connectivity index (χ3n) is 2.41. The Labute approximate surface area is 91.0 Å². The van der Waals surface area contributed by atoms with Gasteiger partial charge in [0.15, 0.2) is 0 Å². The minimum atomic E-state index is 0.598. The van der Waals surface area contributed by atoms with E-state index < -0.39 is 0 Å². The largest absolute Gasteiger partial charge is 0.352 e. The fourth-order valence-electron chi connectivity index (χ4n) is 1.52. The molecule has 0 aliphatic carbocycles. The molecule has 1 aromatic heterocycles. The van der Waals surface area contributed by atoms with Gasteiger partial charge in [0.25, 0.3) is 5.95 Å². The number of aromatic nitrogens is 4. The van der Waals surface area contributed by atoms with E-state index in [4.69, 9.17) is 0 Å². The van der Waals surface area contributed by atoms with E-state index in [1.807, 2.05) is 0 Å². The number of hydrogen-bond acceptors (Lipinski definition) is 4. The average molecular weight is 211 g/mol. The summed E-state index contributed by atoms with van der Waals surface area (Å²) in [5.41, 5.74) is 0. The SMILES string of the molecule is CCCCCCCCCNc1nn[nH]n1. The van der Waals surface area contributed by atoms with Gasteiger partial charge in [0.05, 0.1) is 0 Å². The lowest BCUT2D eigenvalue weighted by atomic mass is 10.1. The lowest BCUT2D eigenvalue weighted by molar-refractivity contribution is 0.596. The molecule has 0 fully saturated rings. The molecule has 0 bridgehead atoms. The van der Waals surface area contributed by atoms with E-state index in [1.165, 1.54) is 44.9 Å². The summed E-state index contributed by atoms with van der Waals surface area (Å²) in [5.74, 6) is 0.598. The highest BCUT2D eigenvalue weighted by molar-refractivity contribution is 5.17.